The van der Waals surface area contributed by atoms with Crippen LogP contribution in [0.25, 0.3) is 16.9 Å². The highest BCUT2D eigenvalue weighted by molar-refractivity contribution is 6.32. The van der Waals surface area contributed by atoms with E-state index in [-0.39, 0.29) is 0 Å². The van der Waals surface area contributed by atoms with Crippen LogP contribution in [0.5, 0.6) is 0 Å². The van der Waals surface area contributed by atoms with Gasteiger partial charge in [-0.2, -0.15) is 0 Å². The fourth-order valence-corrected chi connectivity index (χ4v) is 2.46. The molecule has 0 N–H and O–H groups in total. The number of pyridine rings is 1. The van der Waals surface area contributed by atoms with Gasteiger partial charge in [-0.15, -0.1) is 0 Å². The molecule has 0 atom stereocenters. The number of imidazole rings is 1. The lowest BCUT2D eigenvalue weighted by atomic mass is 10.2. The van der Waals surface area contributed by atoms with Crippen LogP contribution in [0.2, 0.25) is 10.2 Å². The van der Waals surface area contributed by atoms with E-state index in [9.17, 15) is 4.79 Å². The van der Waals surface area contributed by atoms with Crippen LogP contribution in [-0.4, -0.2) is 22.5 Å². The topological polar surface area (TPSA) is 43.6 Å². The number of nitrogens with zero attached hydrogens (tertiary/aromatic N) is 2. The van der Waals surface area contributed by atoms with Crippen LogP contribution in [0, 0.1) is 0 Å². The molecule has 0 fully saturated rings. The van der Waals surface area contributed by atoms with Crippen LogP contribution in [0.1, 0.15) is 10.4 Å². The summed E-state index contributed by atoms with van der Waals surface area (Å²) in [5.74, 6) is -0.422. The highest BCUT2D eigenvalue weighted by Crippen LogP contribution is 2.29. The molecule has 6 heteroatoms. The van der Waals surface area contributed by atoms with Crippen molar-refractivity contribution in [2.24, 2.45) is 0 Å². The normalized spacial score (nSPS) is 10.8. The molecule has 1 aromatic carbocycles. The fourth-order valence-electron chi connectivity index (χ4n) is 2.05. The third-order valence-corrected chi connectivity index (χ3v) is 3.71. The van der Waals surface area contributed by atoms with E-state index in [0.717, 1.165) is 5.56 Å². The maximum atomic E-state index is 11.6. The first-order valence-electron chi connectivity index (χ1n) is 6.12. The van der Waals surface area contributed by atoms with Crippen molar-refractivity contribution >= 4 is 34.8 Å². The van der Waals surface area contributed by atoms with Gasteiger partial charge in [-0.1, -0.05) is 35.3 Å². The zero-order valence-electron chi connectivity index (χ0n) is 11.0. The molecule has 0 saturated carbocycles. The smallest absolute Gasteiger partial charge is 0.339 e. The third kappa shape index (κ3) is 2.48. The predicted molar refractivity (Wildman–Crippen MR) is 82.0 cm³/mol. The molecule has 106 valence electrons. The van der Waals surface area contributed by atoms with E-state index in [1.807, 2.05) is 12.1 Å². The van der Waals surface area contributed by atoms with E-state index >= 15 is 0 Å². The van der Waals surface area contributed by atoms with Gasteiger partial charge in [0, 0.05) is 16.8 Å². The second-order valence-corrected chi connectivity index (χ2v) is 5.19. The van der Waals surface area contributed by atoms with Crippen molar-refractivity contribution in [2.75, 3.05) is 7.11 Å². The summed E-state index contributed by atoms with van der Waals surface area (Å²) in [7, 11) is 1.33. The number of carbonyl (C=O) groups is 1. The van der Waals surface area contributed by atoms with Gasteiger partial charge in [0.1, 0.15) is 16.5 Å². The van der Waals surface area contributed by atoms with Crippen LogP contribution < -0.4 is 0 Å². The Balaban J connectivity index is 2.15. The summed E-state index contributed by atoms with van der Waals surface area (Å²) < 4.78 is 6.35. The van der Waals surface area contributed by atoms with Crippen LogP contribution in [0.15, 0.2) is 42.6 Å². The second-order valence-electron chi connectivity index (χ2n) is 4.40. The zero-order chi connectivity index (χ0) is 15.0. The van der Waals surface area contributed by atoms with Crippen molar-refractivity contribution in [3.63, 3.8) is 0 Å². The number of hydrogen-bond donors (Lipinski definition) is 0. The Morgan fingerprint density at radius 2 is 1.86 bits per heavy atom. The van der Waals surface area contributed by atoms with Crippen molar-refractivity contribution in [2.45, 2.75) is 0 Å². The van der Waals surface area contributed by atoms with Gasteiger partial charge in [-0.25, -0.2) is 9.78 Å². The van der Waals surface area contributed by atoms with E-state index in [0.29, 0.717) is 27.1 Å². The van der Waals surface area contributed by atoms with Crippen LogP contribution in [-0.2, 0) is 4.74 Å². The average molecular weight is 321 g/mol. The maximum Gasteiger partial charge on any atom is 0.339 e. The number of hydrogen-bond acceptors (Lipinski definition) is 3. The highest BCUT2D eigenvalue weighted by Gasteiger charge is 2.14. The number of halogens is 2. The van der Waals surface area contributed by atoms with Gasteiger partial charge in [0.05, 0.1) is 12.7 Å². The highest BCUT2D eigenvalue weighted by atomic mass is 35.5. The maximum absolute atomic E-state index is 11.6. The number of benzene rings is 1. The Bertz CT molecular complexity index is 826. The van der Waals surface area contributed by atoms with Crippen LogP contribution in [0.3, 0.4) is 0 Å². The molecule has 0 spiro atoms. The van der Waals surface area contributed by atoms with Crippen molar-refractivity contribution < 1.29 is 9.53 Å². The van der Waals surface area contributed by atoms with E-state index < -0.39 is 5.97 Å². The van der Waals surface area contributed by atoms with Gasteiger partial charge in [0.2, 0.25) is 0 Å². The number of rotatable bonds is 2. The molecule has 2 heterocycles. The van der Waals surface area contributed by atoms with E-state index in [2.05, 4.69) is 4.98 Å². The first-order chi connectivity index (χ1) is 10.1. The molecule has 0 radical (unpaired) electrons. The Morgan fingerprint density at radius 1 is 1.14 bits per heavy atom. The predicted octanol–water partition coefficient (Wildman–Crippen LogP) is 4.09. The largest absolute Gasteiger partial charge is 0.465 e. The number of esters is 1. The molecule has 0 unspecified atom stereocenters. The lowest BCUT2D eigenvalue weighted by molar-refractivity contribution is 0.0600. The minimum Gasteiger partial charge on any atom is -0.465 e. The Labute approximate surface area is 130 Å². The number of methoxy groups -OCH3 is 1. The molecular formula is C15H10Cl2N2O2. The average Bonchev–Trinajstić information content (AvgIpc) is 2.84. The van der Waals surface area contributed by atoms with E-state index in [1.165, 1.54) is 7.11 Å². The first-order valence-corrected chi connectivity index (χ1v) is 6.87. The quantitative estimate of drug-likeness (QED) is 0.668. The van der Waals surface area contributed by atoms with Gasteiger partial charge in [0.15, 0.2) is 0 Å². The van der Waals surface area contributed by atoms with Crippen molar-refractivity contribution in [1.29, 1.82) is 0 Å². The Hall–Kier alpha value is -2.04. The van der Waals surface area contributed by atoms with Crippen molar-refractivity contribution in [3.05, 3.63) is 58.3 Å². The lowest BCUT2D eigenvalue weighted by Crippen LogP contribution is -2.02. The first kappa shape index (κ1) is 13.9. The molecule has 0 aliphatic carbocycles. The molecule has 0 saturated heterocycles. The number of ether oxygens (including phenoxy) is 1. The van der Waals surface area contributed by atoms with Gasteiger partial charge >= 0.3 is 5.97 Å². The number of aromatic nitrogens is 2. The second kappa shape index (κ2) is 5.39. The Kier molecular flexibility index (Phi) is 3.57. The molecule has 21 heavy (non-hydrogen) atoms. The van der Waals surface area contributed by atoms with Crippen LogP contribution >= 0.6 is 23.2 Å². The lowest BCUT2D eigenvalue weighted by Gasteiger charge is -2.01. The summed E-state index contributed by atoms with van der Waals surface area (Å²) in [6.45, 7) is 0. The fraction of sp³-hybridized carbons (Fsp3) is 0.0667. The van der Waals surface area contributed by atoms with E-state index in [1.54, 1.807) is 34.9 Å². The number of fused-ring (bicyclic) bond motifs is 1. The van der Waals surface area contributed by atoms with Gasteiger partial charge in [-0.3, -0.25) is 4.40 Å². The molecule has 4 nitrogen and oxygen atoms in total. The summed E-state index contributed by atoms with van der Waals surface area (Å²) in [4.78, 5) is 16.0. The molecule has 2 aromatic heterocycles. The van der Waals surface area contributed by atoms with Gasteiger partial charge in [-0.05, 0) is 24.3 Å². The summed E-state index contributed by atoms with van der Waals surface area (Å²) in [5.41, 5.74) is 2.55. The standard InChI is InChI=1S/C15H10Cl2N2O2/c1-21-15(20)10-4-7-12-18-13(14(17)19(12)8-10)9-2-5-11(16)6-3-9/h2-8H,1H3. The molecule has 0 amide bonds. The number of carbonyl (C=O) groups excluding carboxylic acids is 1. The van der Waals surface area contributed by atoms with E-state index in [4.69, 9.17) is 27.9 Å². The van der Waals surface area contributed by atoms with Gasteiger partial charge < -0.3 is 4.74 Å². The summed E-state index contributed by atoms with van der Waals surface area (Å²) in [5, 5.41) is 1.07. The van der Waals surface area contributed by atoms with Crippen molar-refractivity contribution in [1.82, 2.24) is 9.38 Å². The zero-order valence-corrected chi connectivity index (χ0v) is 12.5. The van der Waals surface area contributed by atoms with Gasteiger partial charge in [0.25, 0.3) is 0 Å². The molecule has 0 bridgehead atoms. The molecule has 3 aromatic rings. The SMILES string of the molecule is COC(=O)c1ccc2nc(-c3ccc(Cl)cc3)c(Cl)n2c1. The monoisotopic (exact) mass is 320 g/mol. The molecular weight excluding hydrogens is 311 g/mol. The Morgan fingerprint density at radius 3 is 2.52 bits per heavy atom. The summed E-state index contributed by atoms with van der Waals surface area (Å²) in [6.07, 6.45) is 1.61. The third-order valence-electron chi connectivity index (χ3n) is 3.10. The minimum atomic E-state index is -0.422. The molecule has 0 aliphatic rings. The molecule has 3 rings (SSSR count). The van der Waals surface area contributed by atoms with Crippen molar-refractivity contribution in [3.8, 4) is 11.3 Å². The molecule has 0 aliphatic heterocycles. The minimum absolute atomic E-state index is 0.409. The summed E-state index contributed by atoms with van der Waals surface area (Å²) >= 11 is 12.2. The van der Waals surface area contributed by atoms with Crippen LogP contribution in [0.4, 0.5) is 0 Å². The summed E-state index contributed by atoms with van der Waals surface area (Å²) in [6, 6.07) is 10.6.